The lowest BCUT2D eigenvalue weighted by Crippen LogP contribution is -2.17. The van der Waals surface area contributed by atoms with E-state index in [4.69, 9.17) is 4.42 Å². The van der Waals surface area contributed by atoms with E-state index in [0.717, 1.165) is 28.2 Å². The summed E-state index contributed by atoms with van der Waals surface area (Å²) in [6.07, 6.45) is 0. The van der Waals surface area contributed by atoms with Gasteiger partial charge in [-0.05, 0) is 138 Å². The van der Waals surface area contributed by atoms with E-state index in [1.807, 2.05) is 0 Å². The molecule has 0 amide bonds. The minimum atomic E-state index is -0.170. The van der Waals surface area contributed by atoms with Gasteiger partial charge >= 0.3 is 0 Å². The smallest absolute Gasteiger partial charge is 0.136 e. The molecule has 282 valence electrons. The number of nitrogens with zero attached hydrogens (tertiary/aromatic N) is 1. The summed E-state index contributed by atoms with van der Waals surface area (Å²) in [4.78, 5) is 2.45. The van der Waals surface area contributed by atoms with Gasteiger partial charge in [-0.15, -0.1) is 0 Å². The number of rotatable bonds is 4. The summed E-state index contributed by atoms with van der Waals surface area (Å²) in [5, 5.41) is 4.90. The predicted octanol–water partition coefficient (Wildman–Crippen LogP) is 15.8. The Hall–Kier alpha value is -6.38. The van der Waals surface area contributed by atoms with Gasteiger partial charge in [-0.1, -0.05) is 146 Å². The fourth-order valence-corrected chi connectivity index (χ4v) is 10.2. The molecule has 9 aromatic rings. The number of hydrogen-bond donors (Lipinski definition) is 0. The molecule has 0 unspecified atom stereocenters. The van der Waals surface area contributed by atoms with Gasteiger partial charge in [-0.25, -0.2) is 0 Å². The van der Waals surface area contributed by atoms with E-state index in [2.05, 4.69) is 211 Å². The van der Waals surface area contributed by atoms with Gasteiger partial charge in [0, 0.05) is 38.7 Å². The average molecular weight is 750 g/mol. The van der Waals surface area contributed by atoms with Gasteiger partial charge in [0.15, 0.2) is 0 Å². The highest BCUT2D eigenvalue weighted by Crippen LogP contribution is 2.54. The van der Waals surface area contributed by atoms with Gasteiger partial charge in [-0.2, -0.15) is 0 Å². The molecule has 11 rings (SSSR count). The van der Waals surface area contributed by atoms with E-state index in [-0.39, 0.29) is 16.2 Å². The van der Waals surface area contributed by atoms with Crippen LogP contribution in [0.3, 0.4) is 0 Å². The Morgan fingerprint density at radius 1 is 0.414 bits per heavy atom. The number of fused-ring (bicyclic) bond motifs is 10. The highest BCUT2D eigenvalue weighted by molar-refractivity contribution is 6.08. The van der Waals surface area contributed by atoms with Crippen LogP contribution in [0.5, 0.6) is 0 Å². The summed E-state index contributed by atoms with van der Waals surface area (Å²) in [6.45, 7) is 16.3. The predicted molar refractivity (Wildman–Crippen MR) is 245 cm³/mol. The molecule has 0 atom stereocenters. The minimum absolute atomic E-state index is 0.0567. The quantitative estimate of drug-likeness (QED) is 0.178. The Morgan fingerprint density at radius 3 is 1.83 bits per heavy atom. The summed E-state index contributed by atoms with van der Waals surface area (Å²) >= 11 is 0. The molecule has 1 heterocycles. The largest absolute Gasteiger partial charge is 0.456 e. The zero-order valence-electron chi connectivity index (χ0n) is 34.4. The fraction of sp³-hybridized carbons (Fsp3) is 0.179. The molecular formula is C56H47NO. The molecule has 0 fully saturated rings. The third-order valence-corrected chi connectivity index (χ3v) is 13.4. The first-order valence-electron chi connectivity index (χ1n) is 20.7. The Kier molecular flexibility index (Phi) is 7.25. The van der Waals surface area contributed by atoms with Crippen LogP contribution in [0, 0.1) is 0 Å². The average Bonchev–Trinajstić information content (AvgIpc) is 3.78. The van der Waals surface area contributed by atoms with Crippen LogP contribution in [-0.4, -0.2) is 0 Å². The van der Waals surface area contributed by atoms with Crippen LogP contribution in [0.25, 0.3) is 66.1 Å². The van der Waals surface area contributed by atoms with Crippen molar-refractivity contribution in [2.45, 2.75) is 64.7 Å². The zero-order chi connectivity index (χ0) is 39.7. The molecule has 0 spiro atoms. The molecule has 0 radical (unpaired) electrons. The molecule has 2 aliphatic carbocycles. The van der Waals surface area contributed by atoms with E-state index >= 15 is 0 Å². The maximum Gasteiger partial charge on any atom is 0.136 e. The first kappa shape index (κ1) is 34.8. The lowest BCUT2D eigenvalue weighted by Gasteiger charge is -2.29. The van der Waals surface area contributed by atoms with E-state index in [1.165, 1.54) is 82.7 Å². The highest BCUT2D eigenvalue weighted by atomic mass is 16.3. The first-order chi connectivity index (χ1) is 27.9. The van der Waals surface area contributed by atoms with Gasteiger partial charge in [-0.3, -0.25) is 0 Å². The number of benzene rings is 8. The van der Waals surface area contributed by atoms with Gasteiger partial charge in [0.05, 0.1) is 0 Å². The molecule has 0 saturated carbocycles. The fourth-order valence-electron chi connectivity index (χ4n) is 10.2. The normalized spacial score (nSPS) is 14.7. The zero-order valence-corrected chi connectivity index (χ0v) is 34.4. The van der Waals surface area contributed by atoms with Crippen LogP contribution < -0.4 is 4.90 Å². The minimum Gasteiger partial charge on any atom is -0.456 e. The molecular weight excluding hydrogens is 703 g/mol. The van der Waals surface area contributed by atoms with E-state index in [1.54, 1.807) is 0 Å². The van der Waals surface area contributed by atoms with Crippen LogP contribution in [-0.2, 0) is 16.2 Å². The monoisotopic (exact) mass is 749 g/mol. The number of furan rings is 1. The second-order valence-electron chi connectivity index (χ2n) is 18.6. The van der Waals surface area contributed by atoms with Crippen molar-refractivity contribution in [3.05, 3.63) is 186 Å². The summed E-state index contributed by atoms with van der Waals surface area (Å²) in [7, 11) is 0. The Morgan fingerprint density at radius 2 is 1.02 bits per heavy atom. The van der Waals surface area contributed by atoms with Crippen molar-refractivity contribution in [3.63, 3.8) is 0 Å². The number of hydrogen-bond acceptors (Lipinski definition) is 2. The van der Waals surface area contributed by atoms with Crippen molar-refractivity contribution in [1.29, 1.82) is 0 Å². The molecule has 2 heteroatoms. The van der Waals surface area contributed by atoms with Crippen LogP contribution in [0.15, 0.2) is 162 Å². The van der Waals surface area contributed by atoms with Crippen molar-refractivity contribution in [1.82, 2.24) is 0 Å². The maximum atomic E-state index is 6.60. The molecule has 0 bridgehead atoms. The second-order valence-corrected chi connectivity index (χ2v) is 18.6. The second kappa shape index (κ2) is 12.1. The Bertz CT molecular complexity index is 3140. The van der Waals surface area contributed by atoms with Crippen LogP contribution in [0.2, 0.25) is 0 Å². The number of anilines is 3. The standard InChI is InChI=1S/C56H47NO/c1-54(2,3)36-21-28-52-46(29-36)47-32-51-45(33-53(47)58-52)44-30-38(25-27-49(44)56(51,6)7)57(39-24-26-43-42-16-10-11-18-48(42)55(4,5)50(43)31-39)37-22-19-35(20-23-37)41-17-12-14-34-13-8-9-15-40(34)41/h8-33H,1-7H3. The lowest BCUT2D eigenvalue weighted by atomic mass is 9.81. The van der Waals surface area contributed by atoms with Crippen molar-refractivity contribution in [2.24, 2.45) is 0 Å². The molecule has 0 N–H and O–H groups in total. The Labute approximate surface area is 341 Å². The van der Waals surface area contributed by atoms with Crippen LogP contribution in [0.1, 0.15) is 76.3 Å². The summed E-state index contributed by atoms with van der Waals surface area (Å²) in [5.41, 5.74) is 19.4. The topological polar surface area (TPSA) is 16.4 Å². The van der Waals surface area contributed by atoms with E-state index < -0.39 is 0 Å². The molecule has 8 aromatic carbocycles. The van der Waals surface area contributed by atoms with Gasteiger partial charge in [0.2, 0.25) is 0 Å². The van der Waals surface area contributed by atoms with E-state index in [9.17, 15) is 0 Å². The highest BCUT2D eigenvalue weighted by Gasteiger charge is 2.38. The molecule has 58 heavy (non-hydrogen) atoms. The SMILES string of the molecule is CC(C)(C)c1ccc2oc3cc4c(cc3c2c1)C(C)(C)c1ccc(N(c2ccc(-c3cccc5ccccc35)cc2)c2ccc3c(c2)C(C)(C)c2ccccc2-3)cc1-4. The van der Waals surface area contributed by atoms with Crippen molar-refractivity contribution in [3.8, 4) is 33.4 Å². The molecule has 0 aliphatic heterocycles. The van der Waals surface area contributed by atoms with Gasteiger partial charge in [0.1, 0.15) is 11.2 Å². The molecule has 2 nitrogen and oxygen atoms in total. The van der Waals surface area contributed by atoms with Crippen LogP contribution >= 0.6 is 0 Å². The maximum absolute atomic E-state index is 6.60. The van der Waals surface area contributed by atoms with E-state index in [0.29, 0.717) is 0 Å². The molecule has 0 saturated heterocycles. The van der Waals surface area contributed by atoms with Crippen LogP contribution in [0.4, 0.5) is 17.1 Å². The van der Waals surface area contributed by atoms with Crippen molar-refractivity contribution < 1.29 is 4.42 Å². The Balaban J connectivity index is 1.08. The van der Waals surface area contributed by atoms with Crippen molar-refractivity contribution in [2.75, 3.05) is 4.90 Å². The summed E-state index contributed by atoms with van der Waals surface area (Å²) < 4.78 is 6.60. The van der Waals surface area contributed by atoms with Gasteiger partial charge < -0.3 is 9.32 Å². The molecule has 2 aliphatic rings. The lowest BCUT2D eigenvalue weighted by molar-refractivity contribution is 0.590. The first-order valence-corrected chi connectivity index (χ1v) is 20.7. The molecule has 1 aromatic heterocycles. The van der Waals surface area contributed by atoms with Crippen molar-refractivity contribution >= 4 is 49.8 Å². The third-order valence-electron chi connectivity index (χ3n) is 13.4. The van der Waals surface area contributed by atoms with Gasteiger partial charge in [0.25, 0.3) is 0 Å². The summed E-state index contributed by atoms with van der Waals surface area (Å²) in [6, 6.07) is 58.9. The summed E-state index contributed by atoms with van der Waals surface area (Å²) in [5.74, 6) is 0. The third kappa shape index (κ3) is 5.04.